The van der Waals surface area contributed by atoms with Crippen molar-refractivity contribution in [2.24, 2.45) is 0 Å². The third kappa shape index (κ3) is 1.03. The van der Waals surface area contributed by atoms with E-state index in [-0.39, 0.29) is 0 Å². The van der Waals surface area contributed by atoms with E-state index in [0.29, 0.717) is 0 Å². The molecule has 1 rings (SSSR count). The lowest BCUT2D eigenvalue weighted by Gasteiger charge is -1.63. The minimum absolute atomic E-state index is 0.942. The van der Waals surface area contributed by atoms with Gasteiger partial charge in [-0.3, -0.25) is 0 Å². The lowest BCUT2D eigenvalue weighted by Crippen LogP contribution is -1.70. The molecule has 0 atom stereocenters. The number of thiophene rings is 1. The second kappa shape index (κ2) is 2.40. The maximum absolute atomic E-state index is 8.01. The van der Waals surface area contributed by atoms with Crippen LogP contribution < -0.4 is 0 Å². The third-order valence-electron chi connectivity index (χ3n) is 0.750. The lowest BCUT2D eigenvalue weighted by atomic mass is 10.4. The van der Waals surface area contributed by atoms with Gasteiger partial charge in [0.05, 0.1) is 5.56 Å². The maximum atomic E-state index is 8.01. The van der Waals surface area contributed by atoms with E-state index in [9.17, 15) is 0 Å². The molecule has 0 unspecified atom stereocenters. The van der Waals surface area contributed by atoms with E-state index in [2.05, 4.69) is 4.79 Å². The Labute approximate surface area is 51.0 Å². The number of rotatable bonds is 1. The van der Waals surface area contributed by atoms with Crippen LogP contribution in [0.3, 0.4) is 0 Å². The van der Waals surface area contributed by atoms with Crippen molar-refractivity contribution in [3.63, 3.8) is 0 Å². The van der Waals surface area contributed by atoms with Crippen LogP contribution >= 0.6 is 11.3 Å². The molecule has 0 aromatic carbocycles. The standard InChI is InChI=1S/C5H4N2S/c6-7-3-5-1-2-8-4-5/h1-4H. The zero-order valence-electron chi connectivity index (χ0n) is 4.11. The molecule has 2 nitrogen and oxygen atoms in total. The molecule has 1 aromatic heterocycles. The maximum Gasteiger partial charge on any atom is 0.288 e. The van der Waals surface area contributed by atoms with Gasteiger partial charge in [-0.1, -0.05) is 0 Å². The van der Waals surface area contributed by atoms with Gasteiger partial charge in [0.2, 0.25) is 0 Å². The zero-order valence-corrected chi connectivity index (χ0v) is 4.93. The Morgan fingerprint density at radius 2 is 2.62 bits per heavy atom. The van der Waals surface area contributed by atoms with E-state index < -0.39 is 0 Å². The second-order valence-electron chi connectivity index (χ2n) is 1.30. The average molecular weight is 124 g/mol. The Morgan fingerprint density at radius 1 is 1.75 bits per heavy atom. The van der Waals surface area contributed by atoms with Crippen molar-refractivity contribution in [3.05, 3.63) is 27.9 Å². The first-order valence-corrected chi connectivity index (χ1v) is 3.07. The van der Waals surface area contributed by atoms with Gasteiger partial charge >= 0.3 is 0 Å². The molecule has 0 amide bonds. The highest BCUT2D eigenvalue weighted by Crippen LogP contribution is 2.00. The van der Waals surface area contributed by atoms with E-state index in [4.69, 9.17) is 5.53 Å². The molecular formula is C5H4N2S. The van der Waals surface area contributed by atoms with Gasteiger partial charge in [-0.05, 0) is 11.4 Å². The van der Waals surface area contributed by atoms with Gasteiger partial charge in [-0.25, -0.2) is 0 Å². The summed E-state index contributed by atoms with van der Waals surface area (Å²) in [4.78, 5) is 2.86. The van der Waals surface area contributed by atoms with Crippen molar-refractivity contribution in [2.75, 3.05) is 0 Å². The van der Waals surface area contributed by atoms with Gasteiger partial charge in [0, 0.05) is 5.38 Å². The molecule has 1 heterocycles. The van der Waals surface area contributed by atoms with Crippen LogP contribution in [-0.2, 0) is 0 Å². The van der Waals surface area contributed by atoms with Crippen LogP contribution in [0.4, 0.5) is 0 Å². The number of hydrogen-bond acceptors (Lipinski definition) is 1. The summed E-state index contributed by atoms with van der Waals surface area (Å²) < 4.78 is 0. The van der Waals surface area contributed by atoms with E-state index in [1.807, 2.05) is 16.8 Å². The summed E-state index contributed by atoms with van der Waals surface area (Å²) in [6.45, 7) is 0. The minimum Gasteiger partial charge on any atom is -0.361 e. The molecule has 0 fully saturated rings. The first-order valence-electron chi connectivity index (χ1n) is 2.13. The predicted molar refractivity (Wildman–Crippen MR) is 33.1 cm³/mol. The number of hydrogen-bond donors (Lipinski definition) is 0. The molecule has 3 heteroatoms. The van der Waals surface area contributed by atoms with Crippen LogP contribution in [0.25, 0.3) is 5.53 Å². The van der Waals surface area contributed by atoms with E-state index in [0.717, 1.165) is 5.56 Å². The SMILES string of the molecule is [N-]=[N+]=Cc1ccsc1. The van der Waals surface area contributed by atoms with Crippen molar-refractivity contribution in [3.8, 4) is 0 Å². The molecule has 0 aliphatic rings. The Bertz CT molecular complexity index is 196. The van der Waals surface area contributed by atoms with Crippen LogP contribution in [0.1, 0.15) is 5.56 Å². The Hall–Kier alpha value is -0.920. The average Bonchev–Trinajstić information content (AvgIpc) is 2.19. The summed E-state index contributed by atoms with van der Waals surface area (Å²) in [5.74, 6) is 0. The normalized spacial score (nSPS) is 8.00. The molecular weight excluding hydrogens is 120 g/mol. The summed E-state index contributed by atoms with van der Waals surface area (Å²) in [6, 6.07) is 1.88. The second-order valence-corrected chi connectivity index (χ2v) is 2.08. The third-order valence-corrected chi connectivity index (χ3v) is 1.45. The molecule has 0 aliphatic carbocycles. The fourth-order valence-electron chi connectivity index (χ4n) is 0.415. The van der Waals surface area contributed by atoms with Gasteiger partial charge in [-0.15, -0.1) is 0 Å². The predicted octanol–water partition coefficient (Wildman–Crippen LogP) is 1.40. The van der Waals surface area contributed by atoms with Gasteiger partial charge in [0.25, 0.3) is 6.21 Å². The topological polar surface area (TPSA) is 36.4 Å². The Kier molecular flexibility index (Phi) is 1.57. The summed E-state index contributed by atoms with van der Waals surface area (Å²) in [7, 11) is 0. The largest absolute Gasteiger partial charge is 0.361 e. The van der Waals surface area contributed by atoms with Crippen molar-refractivity contribution in [1.29, 1.82) is 0 Å². The first kappa shape index (κ1) is 5.22. The zero-order chi connectivity index (χ0) is 5.82. The van der Waals surface area contributed by atoms with Crippen molar-refractivity contribution in [1.82, 2.24) is 0 Å². The van der Waals surface area contributed by atoms with E-state index >= 15 is 0 Å². The van der Waals surface area contributed by atoms with Crippen LogP contribution in [-0.4, -0.2) is 11.0 Å². The summed E-state index contributed by atoms with van der Waals surface area (Å²) in [5.41, 5.74) is 8.95. The van der Waals surface area contributed by atoms with Crippen molar-refractivity contribution in [2.45, 2.75) is 0 Å². The monoisotopic (exact) mass is 124 g/mol. The molecule has 8 heavy (non-hydrogen) atoms. The van der Waals surface area contributed by atoms with Gasteiger partial charge in [-0.2, -0.15) is 16.1 Å². The Morgan fingerprint density at radius 3 is 3.12 bits per heavy atom. The quantitative estimate of drug-likeness (QED) is 0.308. The van der Waals surface area contributed by atoms with Crippen LogP contribution in [0.5, 0.6) is 0 Å². The summed E-state index contributed by atoms with van der Waals surface area (Å²) in [5, 5.41) is 3.83. The molecule has 0 aliphatic heterocycles. The summed E-state index contributed by atoms with van der Waals surface area (Å²) in [6.07, 6.45) is 1.40. The molecule has 0 saturated carbocycles. The van der Waals surface area contributed by atoms with Crippen molar-refractivity contribution >= 4 is 17.6 Å². The van der Waals surface area contributed by atoms with Crippen LogP contribution in [0.2, 0.25) is 0 Å². The highest BCUT2D eigenvalue weighted by Gasteiger charge is 1.87. The van der Waals surface area contributed by atoms with Crippen molar-refractivity contribution < 1.29 is 4.79 Å². The molecule has 0 N–H and O–H groups in total. The van der Waals surface area contributed by atoms with Gasteiger partial charge in [0.15, 0.2) is 0 Å². The highest BCUT2D eigenvalue weighted by molar-refractivity contribution is 7.08. The molecule has 0 bridgehead atoms. The highest BCUT2D eigenvalue weighted by atomic mass is 32.1. The molecule has 0 radical (unpaired) electrons. The fraction of sp³-hybridized carbons (Fsp3) is 0. The molecule has 0 spiro atoms. The molecule has 0 saturated heterocycles. The minimum atomic E-state index is 0.942. The summed E-state index contributed by atoms with van der Waals surface area (Å²) >= 11 is 1.58. The fourth-order valence-corrected chi connectivity index (χ4v) is 1.03. The van der Waals surface area contributed by atoms with E-state index in [1.165, 1.54) is 6.21 Å². The number of nitrogens with zero attached hydrogens (tertiary/aromatic N) is 2. The molecule has 40 valence electrons. The Balaban J connectivity index is 2.93. The van der Waals surface area contributed by atoms with E-state index in [1.54, 1.807) is 11.3 Å². The van der Waals surface area contributed by atoms with Crippen LogP contribution in [0.15, 0.2) is 16.8 Å². The van der Waals surface area contributed by atoms with Gasteiger partial charge in [0.1, 0.15) is 0 Å². The lowest BCUT2D eigenvalue weighted by molar-refractivity contribution is 0.00459. The smallest absolute Gasteiger partial charge is 0.288 e. The van der Waals surface area contributed by atoms with Gasteiger partial charge < -0.3 is 5.53 Å². The molecule has 1 aromatic rings. The van der Waals surface area contributed by atoms with Crippen LogP contribution in [0, 0.1) is 0 Å². The first-order chi connectivity index (χ1) is 3.93.